The summed E-state index contributed by atoms with van der Waals surface area (Å²) in [6.45, 7) is 5.36. The van der Waals surface area contributed by atoms with E-state index in [0.29, 0.717) is 18.3 Å². The number of benzene rings is 1. The van der Waals surface area contributed by atoms with E-state index < -0.39 is 0 Å². The molecule has 1 saturated heterocycles. The number of ether oxygens (including phenoxy) is 1. The van der Waals surface area contributed by atoms with Crippen molar-refractivity contribution < 1.29 is 9.53 Å². The number of thiazole rings is 1. The van der Waals surface area contributed by atoms with E-state index in [1.54, 1.807) is 0 Å². The highest BCUT2D eigenvalue weighted by Gasteiger charge is 2.28. The molecule has 130 valence electrons. The Bertz CT molecular complexity index is 675. The first-order valence-corrected chi connectivity index (χ1v) is 8.76. The third-order valence-electron chi connectivity index (χ3n) is 3.99. The molecule has 2 aromatic rings. The van der Waals surface area contributed by atoms with Gasteiger partial charge in [0.2, 0.25) is 5.91 Å². The van der Waals surface area contributed by atoms with Crippen LogP contribution >= 0.6 is 23.7 Å². The normalized spacial score (nSPS) is 20.2. The Kier molecular flexibility index (Phi) is 6.74. The van der Waals surface area contributed by atoms with Crippen molar-refractivity contribution in [2.75, 3.05) is 18.5 Å². The van der Waals surface area contributed by atoms with E-state index in [9.17, 15) is 4.79 Å². The average molecular weight is 368 g/mol. The maximum atomic E-state index is 12.3. The van der Waals surface area contributed by atoms with Crippen LogP contribution in [0.25, 0.3) is 11.3 Å². The minimum Gasteiger partial charge on any atom is -0.375 e. The van der Waals surface area contributed by atoms with Crippen molar-refractivity contribution in [1.29, 1.82) is 0 Å². The monoisotopic (exact) mass is 367 g/mol. The lowest BCUT2D eigenvalue weighted by molar-refractivity contribution is -0.123. The molecule has 1 aromatic heterocycles. The SMILES string of the molecule is CCc1ccc(-c2csc(NC(=O)[C@H]3NCCO[C@@H]3C)n2)cc1.Cl. The van der Waals surface area contributed by atoms with Gasteiger partial charge in [0.15, 0.2) is 5.13 Å². The van der Waals surface area contributed by atoms with Crippen LogP contribution in [0.5, 0.6) is 0 Å². The summed E-state index contributed by atoms with van der Waals surface area (Å²) >= 11 is 1.44. The lowest BCUT2D eigenvalue weighted by atomic mass is 10.1. The molecule has 1 amide bonds. The smallest absolute Gasteiger partial charge is 0.245 e. The molecule has 1 aliphatic heterocycles. The highest BCUT2D eigenvalue weighted by Crippen LogP contribution is 2.25. The molecule has 2 atom stereocenters. The first-order valence-electron chi connectivity index (χ1n) is 7.88. The van der Waals surface area contributed by atoms with Gasteiger partial charge in [0.1, 0.15) is 6.04 Å². The number of amides is 1. The van der Waals surface area contributed by atoms with Crippen LogP contribution in [0.2, 0.25) is 0 Å². The Morgan fingerprint density at radius 2 is 2.17 bits per heavy atom. The molecule has 1 fully saturated rings. The van der Waals surface area contributed by atoms with Gasteiger partial charge >= 0.3 is 0 Å². The second-order valence-corrected chi connectivity index (χ2v) is 6.44. The van der Waals surface area contributed by atoms with Gasteiger partial charge in [-0.2, -0.15) is 0 Å². The number of aryl methyl sites for hydroxylation is 1. The Balaban J connectivity index is 0.00000208. The van der Waals surface area contributed by atoms with E-state index >= 15 is 0 Å². The number of anilines is 1. The van der Waals surface area contributed by atoms with Gasteiger partial charge in [-0.05, 0) is 18.9 Å². The molecule has 0 unspecified atom stereocenters. The van der Waals surface area contributed by atoms with E-state index in [0.717, 1.165) is 17.7 Å². The summed E-state index contributed by atoms with van der Waals surface area (Å²) in [5.74, 6) is -0.0977. The van der Waals surface area contributed by atoms with Gasteiger partial charge in [-0.1, -0.05) is 31.2 Å². The number of carbonyl (C=O) groups is 1. The highest BCUT2D eigenvalue weighted by atomic mass is 35.5. The van der Waals surface area contributed by atoms with Crippen molar-refractivity contribution in [2.45, 2.75) is 32.4 Å². The van der Waals surface area contributed by atoms with Crippen molar-refractivity contribution in [2.24, 2.45) is 0 Å². The number of hydrogen-bond donors (Lipinski definition) is 2. The number of nitrogens with zero attached hydrogens (tertiary/aromatic N) is 1. The summed E-state index contributed by atoms with van der Waals surface area (Å²) in [6, 6.07) is 8.02. The van der Waals surface area contributed by atoms with Crippen molar-refractivity contribution in [3.8, 4) is 11.3 Å². The van der Waals surface area contributed by atoms with E-state index in [2.05, 4.69) is 46.8 Å². The minimum atomic E-state index is -0.333. The lowest BCUT2D eigenvalue weighted by Crippen LogP contribution is -2.53. The van der Waals surface area contributed by atoms with Gasteiger partial charge in [-0.15, -0.1) is 23.7 Å². The number of nitrogens with one attached hydrogen (secondary N) is 2. The summed E-state index contributed by atoms with van der Waals surface area (Å²) in [5.41, 5.74) is 3.25. The third kappa shape index (κ3) is 4.33. The minimum absolute atomic E-state index is 0. The number of halogens is 1. The number of aromatic nitrogens is 1. The van der Waals surface area contributed by atoms with E-state index in [1.807, 2.05) is 12.3 Å². The topological polar surface area (TPSA) is 63.2 Å². The zero-order valence-corrected chi connectivity index (χ0v) is 15.4. The summed E-state index contributed by atoms with van der Waals surface area (Å²) in [6.07, 6.45) is 0.887. The van der Waals surface area contributed by atoms with Gasteiger partial charge in [-0.3, -0.25) is 4.79 Å². The fourth-order valence-electron chi connectivity index (χ4n) is 2.59. The highest BCUT2D eigenvalue weighted by molar-refractivity contribution is 7.14. The number of carbonyl (C=O) groups excluding carboxylic acids is 1. The second kappa shape index (κ2) is 8.58. The van der Waals surface area contributed by atoms with Crippen molar-refractivity contribution in [3.63, 3.8) is 0 Å². The largest absolute Gasteiger partial charge is 0.375 e. The summed E-state index contributed by atoms with van der Waals surface area (Å²) < 4.78 is 5.51. The Hall–Kier alpha value is -1.47. The maximum absolute atomic E-state index is 12.3. The molecule has 1 aromatic carbocycles. The molecule has 2 N–H and O–H groups in total. The van der Waals surface area contributed by atoms with Crippen LogP contribution in [0.15, 0.2) is 29.6 Å². The molecule has 1 aliphatic rings. The van der Waals surface area contributed by atoms with Crippen LogP contribution in [0.4, 0.5) is 5.13 Å². The fourth-order valence-corrected chi connectivity index (χ4v) is 3.31. The number of morpholine rings is 1. The summed E-state index contributed by atoms with van der Waals surface area (Å²) in [7, 11) is 0. The zero-order chi connectivity index (χ0) is 16.2. The molecule has 7 heteroatoms. The number of hydrogen-bond acceptors (Lipinski definition) is 5. The molecule has 0 spiro atoms. The summed E-state index contributed by atoms with van der Waals surface area (Å²) in [5, 5.41) is 8.64. The molecular formula is C17H22ClN3O2S. The lowest BCUT2D eigenvalue weighted by Gasteiger charge is -2.28. The van der Waals surface area contributed by atoms with Crippen molar-refractivity contribution >= 4 is 34.8 Å². The van der Waals surface area contributed by atoms with E-state index in [-0.39, 0.29) is 30.5 Å². The standard InChI is InChI=1S/C17H21N3O2S.ClH/c1-3-12-4-6-13(7-5-12)14-10-23-17(19-14)20-16(21)15-11(2)22-9-8-18-15;/h4-7,10-11,15,18H,3,8-9H2,1-2H3,(H,19,20,21);1H/t11-,15+;/m1./s1. The molecule has 0 radical (unpaired) electrons. The third-order valence-corrected chi connectivity index (χ3v) is 4.75. The Labute approximate surface area is 152 Å². The van der Waals surface area contributed by atoms with E-state index in [4.69, 9.17) is 4.74 Å². The number of rotatable bonds is 4. The van der Waals surface area contributed by atoms with Crippen LogP contribution in [0.3, 0.4) is 0 Å². The van der Waals surface area contributed by atoms with Crippen LogP contribution in [-0.2, 0) is 16.0 Å². The average Bonchev–Trinajstić information content (AvgIpc) is 3.03. The Morgan fingerprint density at radius 1 is 1.42 bits per heavy atom. The van der Waals surface area contributed by atoms with Crippen molar-refractivity contribution in [1.82, 2.24) is 10.3 Å². The molecule has 0 bridgehead atoms. The molecule has 5 nitrogen and oxygen atoms in total. The van der Waals surface area contributed by atoms with Crippen molar-refractivity contribution in [3.05, 3.63) is 35.2 Å². The van der Waals surface area contributed by atoms with Gasteiger partial charge in [0.05, 0.1) is 18.4 Å². The molecule has 2 heterocycles. The first kappa shape index (κ1) is 18.9. The first-order chi connectivity index (χ1) is 11.2. The van der Waals surface area contributed by atoms with E-state index in [1.165, 1.54) is 16.9 Å². The van der Waals surface area contributed by atoms with Gasteiger partial charge in [0, 0.05) is 17.5 Å². The van der Waals surface area contributed by atoms with Crippen LogP contribution in [0.1, 0.15) is 19.4 Å². The van der Waals surface area contributed by atoms with Crippen LogP contribution in [0, 0.1) is 0 Å². The molecule has 0 saturated carbocycles. The zero-order valence-electron chi connectivity index (χ0n) is 13.7. The molecule has 24 heavy (non-hydrogen) atoms. The van der Waals surface area contributed by atoms with Crippen LogP contribution < -0.4 is 10.6 Å². The van der Waals surface area contributed by atoms with Gasteiger partial charge in [-0.25, -0.2) is 4.98 Å². The van der Waals surface area contributed by atoms with Gasteiger partial charge in [0.25, 0.3) is 0 Å². The van der Waals surface area contributed by atoms with Crippen LogP contribution in [-0.4, -0.2) is 36.2 Å². The summed E-state index contributed by atoms with van der Waals surface area (Å²) in [4.78, 5) is 16.8. The Morgan fingerprint density at radius 3 is 2.83 bits per heavy atom. The fraction of sp³-hybridized carbons (Fsp3) is 0.412. The second-order valence-electron chi connectivity index (χ2n) is 5.59. The van der Waals surface area contributed by atoms with Gasteiger partial charge < -0.3 is 15.4 Å². The quantitative estimate of drug-likeness (QED) is 0.871. The predicted octanol–water partition coefficient (Wildman–Crippen LogP) is 3.11. The molecular weight excluding hydrogens is 346 g/mol. The molecule has 0 aliphatic carbocycles. The molecule has 3 rings (SSSR count). The predicted molar refractivity (Wildman–Crippen MR) is 100 cm³/mol. The maximum Gasteiger partial charge on any atom is 0.245 e.